The van der Waals surface area contributed by atoms with E-state index in [0.717, 1.165) is 23.5 Å². The zero-order valence-electron chi connectivity index (χ0n) is 13.1. The summed E-state index contributed by atoms with van der Waals surface area (Å²) in [5.74, 6) is 1.00. The summed E-state index contributed by atoms with van der Waals surface area (Å²) in [6.07, 6.45) is 0.440. The standard InChI is InChI=1S/C18H23NO/c1-17(2,3)16-15(20-12-18(16,4)5)14-8-6-7-13(11-14)9-10-19/h6-8,11H,9,12H2,1-5H3. The van der Waals surface area contributed by atoms with Crippen LogP contribution in [0.3, 0.4) is 0 Å². The molecule has 0 spiro atoms. The van der Waals surface area contributed by atoms with Crippen molar-refractivity contribution in [2.75, 3.05) is 6.61 Å². The van der Waals surface area contributed by atoms with Gasteiger partial charge in [-0.05, 0) is 22.6 Å². The van der Waals surface area contributed by atoms with Gasteiger partial charge in [0.2, 0.25) is 0 Å². The summed E-state index contributed by atoms with van der Waals surface area (Å²) in [7, 11) is 0. The van der Waals surface area contributed by atoms with E-state index >= 15 is 0 Å². The third kappa shape index (κ3) is 2.72. The second kappa shape index (κ2) is 4.98. The van der Waals surface area contributed by atoms with E-state index in [0.29, 0.717) is 6.42 Å². The van der Waals surface area contributed by atoms with Crippen molar-refractivity contribution < 1.29 is 4.74 Å². The average molecular weight is 269 g/mol. The lowest BCUT2D eigenvalue weighted by atomic mass is 9.71. The van der Waals surface area contributed by atoms with Gasteiger partial charge >= 0.3 is 0 Å². The first-order chi connectivity index (χ1) is 9.25. The Balaban J connectivity index is 2.55. The molecule has 1 heterocycles. The lowest BCUT2D eigenvalue weighted by Gasteiger charge is -2.30. The summed E-state index contributed by atoms with van der Waals surface area (Å²) in [6, 6.07) is 10.3. The highest BCUT2D eigenvalue weighted by Gasteiger charge is 2.41. The van der Waals surface area contributed by atoms with Gasteiger partial charge in [0.15, 0.2) is 0 Å². The highest BCUT2D eigenvalue weighted by atomic mass is 16.5. The Morgan fingerprint density at radius 1 is 1.30 bits per heavy atom. The molecular weight excluding hydrogens is 246 g/mol. The van der Waals surface area contributed by atoms with Gasteiger partial charge in [0, 0.05) is 11.0 Å². The van der Waals surface area contributed by atoms with E-state index in [2.05, 4.69) is 52.8 Å². The van der Waals surface area contributed by atoms with Crippen molar-refractivity contribution in [2.45, 2.75) is 41.0 Å². The van der Waals surface area contributed by atoms with E-state index in [-0.39, 0.29) is 10.8 Å². The molecule has 0 saturated heterocycles. The van der Waals surface area contributed by atoms with Gasteiger partial charge in [-0.15, -0.1) is 0 Å². The molecule has 0 atom stereocenters. The van der Waals surface area contributed by atoms with Crippen LogP contribution in [-0.4, -0.2) is 6.61 Å². The fraction of sp³-hybridized carbons (Fsp3) is 0.500. The molecule has 0 bridgehead atoms. The van der Waals surface area contributed by atoms with E-state index in [4.69, 9.17) is 10.00 Å². The van der Waals surface area contributed by atoms with Crippen LogP contribution in [0.1, 0.15) is 45.7 Å². The monoisotopic (exact) mass is 269 g/mol. The minimum absolute atomic E-state index is 0.0544. The number of hydrogen-bond donors (Lipinski definition) is 0. The Labute approximate surface area is 122 Å². The average Bonchev–Trinajstić information content (AvgIpc) is 2.65. The van der Waals surface area contributed by atoms with Crippen LogP contribution in [0.4, 0.5) is 0 Å². The van der Waals surface area contributed by atoms with Crippen molar-refractivity contribution in [3.8, 4) is 6.07 Å². The van der Waals surface area contributed by atoms with Crippen molar-refractivity contribution in [3.05, 3.63) is 41.0 Å². The van der Waals surface area contributed by atoms with Gasteiger partial charge in [0.25, 0.3) is 0 Å². The Bertz CT molecular complexity index is 582. The number of rotatable bonds is 2. The molecule has 1 aromatic carbocycles. The van der Waals surface area contributed by atoms with Gasteiger partial charge in [-0.25, -0.2) is 0 Å². The molecule has 20 heavy (non-hydrogen) atoms. The van der Waals surface area contributed by atoms with E-state index < -0.39 is 0 Å². The number of nitrogens with zero attached hydrogens (tertiary/aromatic N) is 1. The van der Waals surface area contributed by atoms with Crippen molar-refractivity contribution in [1.29, 1.82) is 5.26 Å². The minimum atomic E-state index is 0.0544. The van der Waals surface area contributed by atoms with Gasteiger partial charge in [0.05, 0.1) is 19.1 Å². The molecule has 2 heteroatoms. The Morgan fingerprint density at radius 2 is 2.00 bits per heavy atom. The number of ether oxygens (including phenoxy) is 1. The summed E-state index contributed by atoms with van der Waals surface area (Å²) in [5, 5.41) is 8.85. The first-order valence-electron chi connectivity index (χ1n) is 7.10. The molecule has 106 valence electrons. The lowest BCUT2D eigenvalue weighted by Crippen LogP contribution is -2.24. The fourth-order valence-corrected chi connectivity index (χ4v) is 3.20. The first-order valence-corrected chi connectivity index (χ1v) is 7.10. The summed E-state index contributed by atoms with van der Waals surface area (Å²) < 4.78 is 6.02. The van der Waals surface area contributed by atoms with Crippen LogP contribution < -0.4 is 0 Å². The van der Waals surface area contributed by atoms with E-state index in [1.165, 1.54) is 5.57 Å². The Hall–Kier alpha value is -1.75. The van der Waals surface area contributed by atoms with Gasteiger partial charge in [-0.2, -0.15) is 5.26 Å². The summed E-state index contributed by atoms with van der Waals surface area (Å²) >= 11 is 0. The second-order valence-electron chi connectivity index (χ2n) is 7.16. The van der Waals surface area contributed by atoms with Crippen LogP contribution in [0.25, 0.3) is 5.76 Å². The zero-order chi connectivity index (χ0) is 15.0. The van der Waals surface area contributed by atoms with Gasteiger partial charge in [-0.3, -0.25) is 0 Å². The molecule has 2 nitrogen and oxygen atoms in total. The van der Waals surface area contributed by atoms with Gasteiger partial charge in [-0.1, -0.05) is 52.8 Å². The van der Waals surface area contributed by atoms with Crippen molar-refractivity contribution in [1.82, 2.24) is 0 Å². The summed E-state index contributed by atoms with van der Waals surface area (Å²) in [6.45, 7) is 11.9. The Kier molecular flexibility index (Phi) is 3.65. The summed E-state index contributed by atoms with van der Waals surface area (Å²) in [5.41, 5.74) is 3.62. The quantitative estimate of drug-likeness (QED) is 0.788. The molecule has 1 aliphatic rings. The molecule has 0 fully saturated rings. The third-order valence-corrected chi connectivity index (χ3v) is 3.70. The second-order valence-corrected chi connectivity index (χ2v) is 7.16. The molecule has 1 aliphatic heterocycles. The van der Waals surface area contributed by atoms with Crippen molar-refractivity contribution >= 4 is 5.76 Å². The highest BCUT2D eigenvalue weighted by molar-refractivity contribution is 5.68. The molecule has 0 aliphatic carbocycles. The van der Waals surface area contributed by atoms with Gasteiger partial charge < -0.3 is 4.74 Å². The molecule has 1 aromatic rings. The smallest absolute Gasteiger partial charge is 0.126 e. The number of benzene rings is 1. The first kappa shape index (κ1) is 14.7. The maximum absolute atomic E-state index is 8.85. The maximum atomic E-state index is 8.85. The van der Waals surface area contributed by atoms with Crippen LogP contribution in [-0.2, 0) is 11.2 Å². The fourth-order valence-electron chi connectivity index (χ4n) is 3.20. The van der Waals surface area contributed by atoms with Crippen molar-refractivity contribution in [3.63, 3.8) is 0 Å². The summed E-state index contributed by atoms with van der Waals surface area (Å²) in [4.78, 5) is 0. The predicted octanol–water partition coefficient (Wildman–Crippen LogP) is 4.57. The van der Waals surface area contributed by atoms with Crippen LogP contribution in [0, 0.1) is 22.2 Å². The SMILES string of the molecule is CC(C)(C)C1=C(c2cccc(CC#N)c2)OCC1(C)C. The highest BCUT2D eigenvalue weighted by Crippen LogP contribution is 2.49. The van der Waals surface area contributed by atoms with E-state index in [1.54, 1.807) is 0 Å². The predicted molar refractivity (Wildman–Crippen MR) is 81.9 cm³/mol. The van der Waals surface area contributed by atoms with Gasteiger partial charge in [0.1, 0.15) is 5.76 Å². The Morgan fingerprint density at radius 3 is 2.60 bits per heavy atom. The molecular formula is C18H23NO. The zero-order valence-corrected chi connectivity index (χ0v) is 13.1. The number of nitriles is 1. The minimum Gasteiger partial charge on any atom is -0.492 e. The topological polar surface area (TPSA) is 33.0 Å². The van der Waals surface area contributed by atoms with Crippen molar-refractivity contribution in [2.24, 2.45) is 10.8 Å². The van der Waals surface area contributed by atoms with Crippen LogP contribution in [0.5, 0.6) is 0 Å². The van der Waals surface area contributed by atoms with Crippen LogP contribution >= 0.6 is 0 Å². The van der Waals surface area contributed by atoms with Crippen LogP contribution in [0.15, 0.2) is 29.8 Å². The lowest BCUT2D eigenvalue weighted by molar-refractivity contribution is 0.213. The molecule has 0 amide bonds. The third-order valence-electron chi connectivity index (χ3n) is 3.70. The molecule has 0 N–H and O–H groups in total. The van der Waals surface area contributed by atoms with E-state index in [9.17, 15) is 0 Å². The molecule has 2 rings (SSSR count). The maximum Gasteiger partial charge on any atom is 0.126 e. The normalized spacial score (nSPS) is 17.8. The number of hydrogen-bond acceptors (Lipinski definition) is 2. The molecule has 0 saturated carbocycles. The largest absolute Gasteiger partial charge is 0.492 e. The molecule has 0 radical (unpaired) electrons. The molecule has 0 unspecified atom stereocenters. The molecule has 0 aromatic heterocycles. The van der Waals surface area contributed by atoms with Crippen LogP contribution in [0.2, 0.25) is 0 Å². The van der Waals surface area contributed by atoms with E-state index in [1.807, 2.05) is 12.1 Å².